The SMILES string of the molecule is CCCON=C(CC(=O)OC)Cc1ccc(OCCc2ccc(OS(C)(=O)=O)cc2)cc1. The van der Waals surface area contributed by atoms with Gasteiger partial charge in [-0.15, -0.1) is 0 Å². The van der Waals surface area contributed by atoms with Gasteiger partial charge < -0.3 is 18.5 Å². The Bertz CT molecular complexity index is 984. The van der Waals surface area contributed by atoms with Crippen molar-refractivity contribution in [2.24, 2.45) is 5.16 Å². The molecular weight excluding hydrogens is 434 g/mol. The summed E-state index contributed by atoms with van der Waals surface area (Å²) in [5.74, 6) is 0.641. The van der Waals surface area contributed by atoms with Gasteiger partial charge in [-0.2, -0.15) is 8.42 Å². The minimum atomic E-state index is -3.53. The first kappa shape index (κ1) is 25.2. The van der Waals surface area contributed by atoms with E-state index in [9.17, 15) is 13.2 Å². The summed E-state index contributed by atoms with van der Waals surface area (Å²) < 4.78 is 37.6. The second kappa shape index (κ2) is 12.7. The van der Waals surface area contributed by atoms with Crippen molar-refractivity contribution in [2.45, 2.75) is 32.6 Å². The maximum absolute atomic E-state index is 11.6. The van der Waals surface area contributed by atoms with Crippen LogP contribution < -0.4 is 8.92 Å². The van der Waals surface area contributed by atoms with Crippen LogP contribution in [-0.4, -0.2) is 46.7 Å². The maximum atomic E-state index is 11.6. The minimum absolute atomic E-state index is 0.0759. The lowest BCUT2D eigenvalue weighted by Crippen LogP contribution is -2.13. The van der Waals surface area contributed by atoms with Crippen molar-refractivity contribution >= 4 is 21.8 Å². The van der Waals surface area contributed by atoms with Crippen LogP contribution in [0.15, 0.2) is 53.7 Å². The monoisotopic (exact) mass is 463 g/mol. The second-order valence-electron chi connectivity index (χ2n) is 7.09. The Labute approximate surface area is 189 Å². The molecule has 2 rings (SSSR count). The lowest BCUT2D eigenvalue weighted by molar-refractivity contribution is -0.139. The zero-order valence-corrected chi connectivity index (χ0v) is 19.4. The van der Waals surface area contributed by atoms with Gasteiger partial charge >= 0.3 is 16.1 Å². The molecule has 174 valence electrons. The molecule has 0 saturated heterocycles. The number of methoxy groups -OCH3 is 1. The predicted octanol–water partition coefficient (Wildman–Crippen LogP) is 3.53. The van der Waals surface area contributed by atoms with Gasteiger partial charge in [0.15, 0.2) is 0 Å². The van der Waals surface area contributed by atoms with E-state index in [0.717, 1.165) is 29.6 Å². The molecule has 0 N–H and O–H groups in total. The third-order valence-corrected chi connectivity index (χ3v) is 4.72. The van der Waals surface area contributed by atoms with Crippen molar-refractivity contribution in [3.63, 3.8) is 0 Å². The molecule has 0 bridgehead atoms. The van der Waals surface area contributed by atoms with E-state index in [1.807, 2.05) is 31.2 Å². The molecule has 0 unspecified atom stereocenters. The van der Waals surface area contributed by atoms with E-state index >= 15 is 0 Å². The molecule has 0 radical (unpaired) electrons. The number of benzene rings is 2. The fourth-order valence-corrected chi connectivity index (χ4v) is 3.17. The summed E-state index contributed by atoms with van der Waals surface area (Å²) in [7, 11) is -2.19. The van der Waals surface area contributed by atoms with Crippen molar-refractivity contribution in [3.05, 3.63) is 59.7 Å². The van der Waals surface area contributed by atoms with Crippen LogP contribution in [0.4, 0.5) is 0 Å². The number of ether oxygens (including phenoxy) is 2. The molecule has 0 fully saturated rings. The highest BCUT2D eigenvalue weighted by molar-refractivity contribution is 7.86. The molecule has 2 aromatic rings. The number of carbonyl (C=O) groups excluding carboxylic acids is 1. The normalized spacial score (nSPS) is 11.7. The molecule has 0 heterocycles. The zero-order valence-electron chi connectivity index (χ0n) is 18.6. The van der Waals surface area contributed by atoms with Gasteiger partial charge in [-0.05, 0) is 41.8 Å². The zero-order chi connectivity index (χ0) is 23.4. The summed E-state index contributed by atoms with van der Waals surface area (Å²) >= 11 is 0. The van der Waals surface area contributed by atoms with Crippen LogP contribution in [0.5, 0.6) is 11.5 Å². The van der Waals surface area contributed by atoms with E-state index in [4.69, 9.17) is 18.5 Å². The number of nitrogens with zero attached hydrogens (tertiary/aromatic N) is 1. The molecule has 0 spiro atoms. The van der Waals surface area contributed by atoms with Crippen LogP contribution in [0.3, 0.4) is 0 Å². The molecule has 0 amide bonds. The topological polar surface area (TPSA) is 100 Å². The Morgan fingerprint density at radius 2 is 1.56 bits per heavy atom. The van der Waals surface area contributed by atoms with Crippen molar-refractivity contribution in [3.8, 4) is 11.5 Å². The number of oxime groups is 1. The van der Waals surface area contributed by atoms with Gasteiger partial charge in [0.25, 0.3) is 0 Å². The van der Waals surface area contributed by atoms with Crippen LogP contribution in [0.2, 0.25) is 0 Å². The molecule has 9 heteroatoms. The summed E-state index contributed by atoms with van der Waals surface area (Å²) in [6.07, 6.45) is 3.05. The largest absolute Gasteiger partial charge is 0.493 e. The molecule has 8 nitrogen and oxygen atoms in total. The van der Waals surface area contributed by atoms with Crippen molar-refractivity contribution in [2.75, 3.05) is 26.6 Å². The molecule has 0 aliphatic carbocycles. The van der Waals surface area contributed by atoms with Gasteiger partial charge in [-0.1, -0.05) is 36.3 Å². The van der Waals surface area contributed by atoms with Gasteiger partial charge in [-0.25, -0.2) is 0 Å². The Kier molecular flexibility index (Phi) is 10.0. The van der Waals surface area contributed by atoms with Crippen LogP contribution >= 0.6 is 0 Å². The van der Waals surface area contributed by atoms with Crippen molar-refractivity contribution < 1.29 is 31.7 Å². The van der Waals surface area contributed by atoms with E-state index in [1.165, 1.54) is 7.11 Å². The maximum Gasteiger partial charge on any atom is 0.311 e. The molecular formula is C23H29NO7S. The van der Waals surface area contributed by atoms with Gasteiger partial charge in [0.05, 0.1) is 32.1 Å². The van der Waals surface area contributed by atoms with E-state index in [1.54, 1.807) is 24.3 Å². The third kappa shape index (κ3) is 9.82. The molecule has 32 heavy (non-hydrogen) atoms. The Morgan fingerprint density at radius 3 is 2.16 bits per heavy atom. The molecule has 0 aliphatic rings. The van der Waals surface area contributed by atoms with Crippen LogP contribution in [-0.2, 0) is 37.3 Å². The standard InChI is InChI=1S/C23H29NO7S/c1-4-14-30-24-20(17-23(25)28-2)16-19-7-9-21(10-8-19)29-15-13-18-5-11-22(12-6-18)31-32(3,26)27/h5-12H,4,13-17H2,1-3H3. The van der Waals surface area contributed by atoms with Crippen LogP contribution in [0, 0.1) is 0 Å². The van der Waals surface area contributed by atoms with E-state index in [2.05, 4.69) is 5.16 Å². The minimum Gasteiger partial charge on any atom is -0.493 e. The van der Waals surface area contributed by atoms with Gasteiger partial charge in [0.1, 0.15) is 18.1 Å². The molecule has 2 aromatic carbocycles. The first-order valence-electron chi connectivity index (χ1n) is 10.2. The van der Waals surface area contributed by atoms with Gasteiger partial charge in [-0.3, -0.25) is 4.79 Å². The fraction of sp³-hybridized carbons (Fsp3) is 0.391. The Morgan fingerprint density at radius 1 is 0.938 bits per heavy atom. The number of hydrogen-bond acceptors (Lipinski definition) is 8. The van der Waals surface area contributed by atoms with Crippen LogP contribution in [0.25, 0.3) is 0 Å². The highest BCUT2D eigenvalue weighted by atomic mass is 32.2. The third-order valence-electron chi connectivity index (χ3n) is 4.23. The number of hydrogen-bond donors (Lipinski definition) is 0. The smallest absolute Gasteiger partial charge is 0.311 e. The summed E-state index contributed by atoms with van der Waals surface area (Å²) in [5, 5.41) is 4.07. The Hall–Kier alpha value is -3.07. The van der Waals surface area contributed by atoms with Crippen LogP contribution in [0.1, 0.15) is 30.9 Å². The number of esters is 1. The number of rotatable bonds is 13. The molecule has 0 aliphatic heterocycles. The lowest BCUT2D eigenvalue weighted by Gasteiger charge is -2.09. The van der Waals surface area contributed by atoms with E-state index in [0.29, 0.717) is 31.8 Å². The average Bonchev–Trinajstić information content (AvgIpc) is 2.75. The average molecular weight is 464 g/mol. The first-order chi connectivity index (χ1) is 15.3. The highest BCUT2D eigenvalue weighted by Crippen LogP contribution is 2.16. The highest BCUT2D eigenvalue weighted by Gasteiger charge is 2.10. The van der Waals surface area contributed by atoms with Crippen molar-refractivity contribution in [1.82, 2.24) is 0 Å². The summed E-state index contributed by atoms with van der Waals surface area (Å²) in [6, 6.07) is 14.4. The summed E-state index contributed by atoms with van der Waals surface area (Å²) in [4.78, 5) is 16.8. The quantitative estimate of drug-likeness (QED) is 0.147. The summed E-state index contributed by atoms with van der Waals surface area (Å²) in [5.41, 5.74) is 2.57. The molecule has 0 saturated carbocycles. The summed E-state index contributed by atoms with van der Waals surface area (Å²) in [6.45, 7) is 2.94. The first-order valence-corrected chi connectivity index (χ1v) is 12.1. The Balaban J connectivity index is 1.86. The van der Waals surface area contributed by atoms with Gasteiger partial charge in [0.2, 0.25) is 0 Å². The molecule has 0 atom stereocenters. The lowest BCUT2D eigenvalue weighted by atomic mass is 10.1. The van der Waals surface area contributed by atoms with Crippen molar-refractivity contribution in [1.29, 1.82) is 0 Å². The fourth-order valence-electron chi connectivity index (χ4n) is 2.71. The molecule has 0 aromatic heterocycles. The van der Waals surface area contributed by atoms with E-state index in [-0.39, 0.29) is 18.1 Å². The number of carbonyl (C=O) groups is 1. The van der Waals surface area contributed by atoms with E-state index < -0.39 is 10.1 Å². The second-order valence-corrected chi connectivity index (χ2v) is 8.67. The van der Waals surface area contributed by atoms with Gasteiger partial charge in [0, 0.05) is 12.8 Å². The predicted molar refractivity (Wildman–Crippen MR) is 122 cm³/mol.